The fourth-order valence-electron chi connectivity index (χ4n) is 7.44. The molecule has 0 unspecified atom stereocenters. The average Bonchev–Trinajstić information content (AvgIpc) is 4.04. The van der Waals surface area contributed by atoms with E-state index in [4.69, 9.17) is 18.9 Å². The molecular weight excluding hydrogens is 812 g/mol. The number of pyridine rings is 1. The van der Waals surface area contributed by atoms with Crippen LogP contribution in [0.4, 0.5) is 18.0 Å². The van der Waals surface area contributed by atoms with Crippen molar-refractivity contribution in [2.75, 3.05) is 13.2 Å². The van der Waals surface area contributed by atoms with Gasteiger partial charge in [-0.15, -0.1) is 0 Å². The summed E-state index contributed by atoms with van der Waals surface area (Å²) in [6, 6.07) is 1.36. The number of carbonyl (C=O) groups is 4. The van der Waals surface area contributed by atoms with Crippen molar-refractivity contribution < 1.29 is 59.7 Å². The molecule has 330 valence electrons. The van der Waals surface area contributed by atoms with Gasteiger partial charge in [0.15, 0.2) is 17.2 Å². The molecule has 1 aromatic carbocycles. The van der Waals surface area contributed by atoms with Gasteiger partial charge in [-0.05, 0) is 96.7 Å². The summed E-state index contributed by atoms with van der Waals surface area (Å²) in [6.45, 7) is 9.28. The SMILES string of the molecule is CCOc1cc2ccnc(O[C@@H]3C[C@H]4C(=O)N[C@]5(C(=O)NS(=O)(=O)C6(C)CC6)C[C@H]5/C=C\CC[C@H](C)O[C@@H](CC)[C@H](NC(=O)OC(C)(C)C(C)(F)F)C(=O)N4C3)c2cc1F. The van der Waals surface area contributed by atoms with Gasteiger partial charge in [0, 0.05) is 30.8 Å². The second-order valence-electron chi connectivity index (χ2n) is 17.0. The van der Waals surface area contributed by atoms with Crippen LogP contribution in [0.2, 0.25) is 0 Å². The third-order valence-corrected chi connectivity index (χ3v) is 14.2. The van der Waals surface area contributed by atoms with Crippen molar-refractivity contribution in [2.24, 2.45) is 5.92 Å². The smallest absolute Gasteiger partial charge is 0.408 e. The summed E-state index contributed by atoms with van der Waals surface area (Å²) in [5, 5.41) is 6.03. The molecule has 3 N–H and O–H groups in total. The molecule has 1 saturated heterocycles. The number of amides is 4. The molecule has 3 heterocycles. The van der Waals surface area contributed by atoms with Crippen molar-refractivity contribution in [1.29, 1.82) is 0 Å². The van der Waals surface area contributed by atoms with Crippen molar-refractivity contribution in [3.63, 3.8) is 0 Å². The van der Waals surface area contributed by atoms with Gasteiger partial charge in [-0.2, -0.15) is 0 Å². The quantitative estimate of drug-likeness (QED) is 0.256. The van der Waals surface area contributed by atoms with Crippen molar-refractivity contribution >= 4 is 44.6 Å². The zero-order valence-corrected chi connectivity index (χ0v) is 35.6. The summed E-state index contributed by atoms with van der Waals surface area (Å²) < 4.78 is 94.6. The second kappa shape index (κ2) is 16.7. The number of aromatic nitrogens is 1. The highest BCUT2D eigenvalue weighted by Crippen LogP contribution is 2.47. The number of nitrogens with one attached hydrogen (secondary N) is 3. The number of rotatable bonds is 11. The van der Waals surface area contributed by atoms with Crippen molar-refractivity contribution in [1.82, 2.24) is 25.2 Å². The number of carbonyl (C=O) groups excluding carboxylic acids is 4. The summed E-state index contributed by atoms with van der Waals surface area (Å²) in [5.41, 5.74) is -3.97. The van der Waals surface area contributed by atoms with Crippen LogP contribution in [0, 0.1) is 11.7 Å². The molecule has 4 aliphatic rings. The first-order valence-electron chi connectivity index (χ1n) is 20.3. The summed E-state index contributed by atoms with van der Waals surface area (Å²) >= 11 is 0. The summed E-state index contributed by atoms with van der Waals surface area (Å²) in [5.74, 6) is -7.31. The molecule has 15 nitrogen and oxygen atoms in total. The summed E-state index contributed by atoms with van der Waals surface area (Å²) in [7, 11) is -4.10. The van der Waals surface area contributed by atoms with E-state index < -0.39 is 97.8 Å². The number of ether oxygens (including phenoxy) is 4. The van der Waals surface area contributed by atoms with Gasteiger partial charge in [-0.25, -0.2) is 31.4 Å². The predicted octanol–water partition coefficient (Wildman–Crippen LogP) is 5.06. The van der Waals surface area contributed by atoms with Crippen LogP contribution in [0.3, 0.4) is 0 Å². The number of alkyl halides is 2. The van der Waals surface area contributed by atoms with E-state index in [1.165, 1.54) is 25.3 Å². The Bertz CT molecular complexity index is 2150. The number of fused-ring (bicyclic) bond motifs is 3. The van der Waals surface area contributed by atoms with Gasteiger partial charge in [-0.1, -0.05) is 19.1 Å². The van der Waals surface area contributed by atoms with Gasteiger partial charge < -0.3 is 34.5 Å². The number of hydrogen-bond donors (Lipinski definition) is 3. The Hall–Kier alpha value is -4.65. The van der Waals surface area contributed by atoms with Crippen molar-refractivity contribution in [3.05, 3.63) is 42.4 Å². The van der Waals surface area contributed by atoms with Crippen LogP contribution in [0.25, 0.3) is 10.8 Å². The highest BCUT2D eigenvalue weighted by molar-refractivity contribution is 7.91. The lowest BCUT2D eigenvalue weighted by Gasteiger charge is -2.35. The number of alkyl carbamates (subject to hydrolysis) is 1. The topological polar surface area (TPSA) is 192 Å². The highest BCUT2D eigenvalue weighted by Gasteiger charge is 2.63. The largest absolute Gasteiger partial charge is 0.491 e. The first kappa shape index (κ1) is 44.9. The first-order valence-corrected chi connectivity index (χ1v) is 21.8. The lowest BCUT2D eigenvalue weighted by Crippen LogP contribution is -2.61. The second-order valence-corrected chi connectivity index (χ2v) is 19.2. The molecule has 6 rings (SSSR count). The number of benzene rings is 1. The van der Waals surface area contributed by atoms with E-state index in [1.54, 1.807) is 39.0 Å². The number of nitrogens with zero attached hydrogens (tertiary/aromatic N) is 2. The number of sulfonamides is 1. The van der Waals surface area contributed by atoms with Crippen LogP contribution < -0.4 is 24.8 Å². The van der Waals surface area contributed by atoms with E-state index in [1.807, 2.05) is 0 Å². The molecule has 2 aliphatic heterocycles. The van der Waals surface area contributed by atoms with Crippen LogP contribution in [0.5, 0.6) is 11.6 Å². The average molecular weight is 866 g/mol. The molecule has 0 spiro atoms. The molecule has 2 saturated carbocycles. The Morgan fingerprint density at radius 2 is 1.87 bits per heavy atom. The zero-order valence-electron chi connectivity index (χ0n) is 34.8. The highest BCUT2D eigenvalue weighted by atomic mass is 32.2. The van der Waals surface area contributed by atoms with Crippen LogP contribution in [0.15, 0.2) is 36.5 Å². The standard InChI is InChI=1S/C41H54F3N5O10S/c1-8-30-32(46-37(53)59-38(4,5)40(7,43)44)35(51)49-22-26(58-34-27-20-28(42)31(56-9-2)18-24(27)14-17-45-34)19-29(49)33(50)47-41(21-25(41)13-11-10-12-23(3)57-30)36(52)48-60(54,55)39(6)15-16-39/h11,13-14,17-18,20,23,25-26,29-30,32H,8-10,12,15-16,19,21-22H2,1-7H3,(H,46,53)(H,47,50)(H,48,52)/b13-11-/t23-,25+,26+,29-,30-,32-,41+/m0/s1. The van der Waals surface area contributed by atoms with Crippen LogP contribution in [-0.4, -0.2) is 107 Å². The maximum Gasteiger partial charge on any atom is 0.408 e. The Balaban J connectivity index is 1.37. The van der Waals surface area contributed by atoms with Gasteiger partial charge in [0.2, 0.25) is 27.7 Å². The minimum absolute atomic E-state index is 0.0124. The van der Waals surface area contributed by atoms with Gasteiger partial charge in [0.1, 0.15) is 23.7 Å². The number of halogens is 3. The zero-order chi connectivity index (χ0) is 44.0. The molecule has 19 heteroatoms. The van der Waals surface area contributed by atoms with Gasteiger partial charge in [-0.3, -0.25) is 19.1 Å². The number of allylic oxidation sites excluding steroid dienone is 1. The van der Waals surface area contributed by atoms with Gasteiger partial charge in [0.05, 0.1) is 30.1 Å². The summed E-state index contributed by atoms with van der Waals surface area (Å²) in [4.78, 5) is 62.2. The fraction of sp³-hybridized carbons (Fsp3) is 0.634. The molecule has 60 heavy (non-hydrogen) atoms. The van der Waals surface area contributed by atoms with E-state index in [2.05, 4.69) is 20.3 Å². The third-order valence-electron chi connectivity index (χ3n) is 12.0. The minimum Gasteiger partial charge on any atom is -0.491 e. The lowest BCUT2D eigenvalue weighted by atomic mass is 10.0. The molecule has 7 atom stereocenters. The predicted molar refractivity (Wildman–Crippen MR) is 212 cm³/mol. The molecule has 0 radical (unpaired) electrons. The van der Waals surface area contributed by atoms with Crippen LogP contribution in [0.1, 0.15) is 93.4 Å². The lowest BCUT2D eigenvalue weighted by molar-refractivity contribution is -0.153. The number of hydrogen-bond acceptors (Lipinski definition) is 11. The van der Waals surface area contributed by atoms with Crippen molar-refractivity contribution in [2.45, 2.75) is 146 Å². The van der Waals surface area contributed by atoms with Crippen molar-refractivity contribution in [3.8, 4) is 11.6 Å². The minimum atomic E-state index is -4.10. The Morgan fingerprint density at radius 1 is 1.15 bits per heavy atom. The molecule has 2 aromatic rings. The maximum absolute atomic E-state index is 15.1. The van der Waals surface area contributed by atoms with E-state index >= 15 is 4.39 Å². The third kappa shape index (κ3) is 9.16. The maximum atomic E-state index is 15.1. The Labute approximate surface area is 347 Å². The van der Waals surface area contributed by atoms with Crippen LogP contribution >= 0.6 is 0 Å². The molecule has 0 bridgehead atoms. The Kier molecular flexibility index (Phi) is 12.5. The molecule has 1 aromatic heterocycles. The van der Waals surface area contributed by atoms with Crippen LogP contribution in [-0.2, 0) is 33.9 Å². The van der Waals surface area contributed by atoms with E-state index in [9.17, 15) is 36.4 Å². The molecule has 3 fully saturated rings. The first-order chi connectivity index (χ1) is 28.0. The molecule has 4 amide bonds. The van der Waals surface area contributed by atoms with E-state index in [-0.39, 0.29) is 49.4 Å². The van der Waals surface area contributed by atoms with E-state index in [0.29, 0.717) is 38.0 Å². The molecular formula is C41H54F3N5O10S. The normalized spacial score (nSPS) is 28.9. The summed E-state index contributed by atoms with van der Waals surface area (Å²) in [6.07, 6.45) is 2.76. The van der Waals surface area contributed by atoms with Gasteiger partial charge >= 0.3 is 6.09 Å². The molecule has 2 aliphatic carbocycles. The van der Waals surface area contributed by atoms with E-state index in [0.717, 1.165) is 18.7 Å². The fourth-order valence-corrected chi connectivity index (χ4v) is 8.76. The Morgan fingerprint density at radius 3 is 2.52 bits per heavy atom. The monoisotopic (exact) mass is 865 g/mol. The van der Waals surface area contributed by atoms with Gasteiger partial charge in [0.25, 0.3) is 11.8 Å².